The molecule has 0 spiro atoms. The highest BCUT2D eigenvalue weighted by atomic mass is 32.1. The number of thiazole rings is 1. The maximum Gasteiger partial charge on any atom is 0.328 e. The summed E-state index contributed by atoms with van der Waals surface area (Å²) < 4.78 is 4.97. The summed E-state index contributed by atoms with van der Waals surface area (Å²) in [5.41, 5.74) is 1.38. The van der Waals surface area contributed by atoms with Crippen LogP contribution < -0.4 is 5.32 Å². The first-order chi connectivity index (χ1) is 12.0. The number of esters is 1. The molecular formula is C17H16N2O5S. The molecule has 7 nitrogen and oxygen atoms in total. The molecule has 130 valence electrons. The molecule has 2 rings (SSSR count). The third kappa shape index (κ3) is 5.54. The lowest BCUT2D eigenvalue weighted by Gasteiger charge is -2.02. The molecule has 0 aliphatic heterocycles. The molecule has 0 saturated carbocycles. The largest absolute Gasteiger partial charge is 0.478 e. The molecule has 0 aliphatic carbocycles. The first-order valence-electron chi connectivity index (χ1n) is 7.42. The standard InChI is InChI=1S/C17H16N2O5S/c1-2-24-15(23)10-12-16(11-6-4-3-5-7-11)19-17(25-12)18-13(20)8-9-14(21)22/h3-9H,2,10H2,1H3,(H,21,22)(H,18,19,20)/b9-8+. The lowest BCUT2D eigenvalue weighted by Crippen LogP contribution is -2.08. The highest BCUT2D eigenvalue weighted by Gasteiger charge is 2.17. The Morgan fingerprint density at radius 1 is 1.24 bits per heavy atom. The van der Waals surface area contributed by atoms with E-state index in [0.717, 1.165) is 29.1 Å². The Morgan fingerprint density at radius 2 is 1.96 bits per heavy atom. The number of carbonyl (C=O) groups excluding carboxylic acids is 2. The Hall–Kier alpha value is -3.00. The molecule has 0 atom stereocenters. The van der Waals surface area contributed by atoms with Gasteiger partial charge in [0.2, 0.25) is 5.91 Å². The maximum absolute atomic E-state index is 11.8. The highest BCUT2D eigenvalue weighted by molar-refractivity contribution is 7.16. The van der Waals surface area contributed by atoms with E-state index in [0.29, 0.717) is 10.6 Å². The first-order valence-corrected chi connectivity index (χ1v) is 8.24. The van der Waals surface area contributed by atoms with Crippen molar-refractivity contribution in [2.24, 2.45) is 0 Å². The van der Waals surface area contributed by atoms with Crippen LogP contribution in [0.1, 0.15) is 11.8 Å². The predicted molar refractivity (Wildman–Crippen MR) is 93.3 cm³/mol. The molecule has 25 heavy (non-hydrogen) atoms. The van der Waals surface area contributed by atoms with Gasteiger partial charge in [0.15, 0.2) is 5.13 Å². The molecule has 1 amide bonds. The zero-order valence-electron chi connectivity index (χ0n) is 13.4. The van der Waals surface area contributed by atoms with Crippen LogP contribution in [-0.2, 0) is 25.5 Å². The number of aromatic nitrogens is 1. The third-order valence-corrected chi connectivity index (χ3v) is 3.93. The van der Waals surface area contributed by atoms with Gasteiger partial charge in [0.1, 0.15) is 0 Å². The number of amides is 1. The number of carboxylic acid groups (broad SMARTS) is 1. The summed E-state index contributed by atoms with van der Waals surface area (Å²) in [5, 5.41) is 11.3. The minimum absolute atomic E-state index is 0.0383. The Bertz CT molecular complexity index is 799. The number of aliphatic carboxylic acids is 1. The summed E-state index contributed by atoms with van der Waals surface area (Å²) in [6, 6.07) is 9.24. The summed E-state index contributed by atoms with van der Waals surface area (Å²) in [6.45, 7) is 2.00. The maximum atomic E-state index is 11.8. The normalized spacial score (nSPS) is 10.6. The fraction of sp³-hybridized carbons (Fsp3) is 0.176. The minimum atomic E-state index is -1.22. The zero-order valence-corrected chi connectivity index (χ0v) is 14.2. The van der Waals surface area contributed by atoms with Crippen molar-refractivity contribution < 1.29 is 24.2 Å². The van der Waals surface area contributed by atoms with Gasteiger partial charge < -0.3 is 9.84 Å². The number of carbonyl (C=O) groups is 3. The molecule has 0 aliphatic rings. The van der Waals surface area contributed by atoms with E-state index in [1.165, 1.54) is 0 Å². The van der Waals surface area contributed by atoms with Crippen molar-refractivity contribution in [2.75, 3.05) is 11.9 Å². The molecule has 2 N–H and O–H groups in total. The van der Waals surface area contributed by atoms with E-state index in [4.69, 9.17) is 9.84 Å². The van der Waals surface area contributed by atoms with Crippen LogP contribution in [0.3, 0.4) is 0 Å². The molecule has 0 saturated heterocycles. The Balaban J connectivity index is 2.27. The van der Waals surface area contributed by atoms with E-state index in [2.05, 4.69) is 10.3 Å². The Morgan fingerprint density at radius 3 is 2.60 bits per heavy atom. The molecule has 0 unspecified atom stereocenters. The van der Waals surface area contributed by atoms with Gasteiger partial charge in [-0.2, -0.15) is 0 Å². The second-order valence-electron chi connectivity index (χ2n) is 4.80. The summed E-state index contributed by atoms with van der Waals surface area (Å²) >= 11 is 1.15. The molecule has 2 aromatic rings. The summed E-state index contributed by atoms with van der Waals surface area (Å²) in [5.74, 6) is -2.22. The smallest absolute Gasteiger partial charge is 0.328 e. The van der Waals surface area contributed by atoms with Crippen LogP contribution in [0, 0.1) is 0 Å². The number of ether oxygens (including phenoxy) is 1. The first kappa shape index (κ1) is 18.3. The number of hydrogen-bond acceptors (Lipinski definition) is 6. The van der Waals surface area contributed by atoms with E-state index in [1.807, 2.05) is 30.3 Å². The summed E-state index contributed by atoms with van der Waals surface area (Å²) in [6.07, 6.45) is 1.67. The van der Waals surface area contributed by atoms with Crippen molar-refractivity contribution in [1.82, 2.24) is 4.98 Å². The van der Waals surface area contributed by atoms with Crippen molar-refractivity contribution >= 4 is 34.3 Å². The van der Waals surface area contributed by atoms with Gasteiger partial charge in [0.05, 0.1) is 18.7 Å². The predicted octanol–water partition coefficient (Wildman–Crippen LogP) is 2.50. The van der Waals surface area contributed by atoms with E-state index < -0.39 is 11.9 Å². The second kappa shape index (κ2) is 8.74. The van der Waals surface area contributed by atoms with Gasteiger partial charge in [-0.05, 0) is 6.92 Å². The van der Waals surface area contributed by atoms with Gasteiger partial charge in [-0.1, -0.05) is 30.3 Å². The van der Waals surface area contributed by atoms with Gasteiger partial charge in [-0.15, -0.1) is 11.3 Å². The monoisotopic (exact) mass is 360 g/mol. The van der Waals surface area contributed by atoms with Crippen LogP contribution in [0.5, 0.6) is 0 Å². The molecule has 0 radical (unpaired) electrons. The molecule has 1 aromatic carbocycles. The van der Waals surface area contributed by atoms with E-state index >= 15 is 0 Å². The van der Waals surface area contributed by atoms with Crippen molar-refractivity contribution in [3.05, 3.63) is 47.4 Å². The average molecular weight is 360 g/mol. The quantitative estimate of drug-likeness (QED) is 0.580. The Kier molecular flexibility index (Phi) is 6.41. The van der Waals surface area contributed by atoms with E-state index in [9.17, 15) is 14.4 Å². The topological polar surface area (TPSA) is 106 Å². The van der Waals surface area contributed by atoms with Crippen molar-refractivity contribution in [1.29, 1.82) is 0 Å². The molecule has 1 heterocycles. The highest BCUT2D eigenvalue weighted by Crippen LogP contribution is 2.31. The number of nitrogens with zero attached hydrogens (tertiary/aromatic N) is 1. The number of hydrogen-bond donors (Lipinski definition) is 2. The molecule has 0 fully saturated rings. The Labute approximate surface area is 148 Å². The van der Waals surface area contributed by atoms with E-state index in [1.54, 1.807) is 6.92 Å². The number of rotatable bonds is 7. The number of nitrogens with one attached hydrogen (secondary N) is 1. The summed E-state index contributed by atoms with van der Waals surface area (Å²) in [4.78, 5) is 39.0. The van der Waals surface area contributed by atoms with Crippen molar-refractivity contribution in [3.8, 4) is 11.3 Å². The van der Waals surface area contributed by atoms with Crippen LogP contribution >= 0.6 is 11.3 Å². The lowest BCUT2D eigenvalue weighted by atomic mass is 10.1. The summed E-state index contributed by atoms with van der Waals surface area (Å²) in [7, 11) is 0. The molecule has 1 aromatic heterocycles. The van der Waals surface area contributed by atoms with Gasteiger partial charge in [0.25, 0.3) is 0 Å². The van der Waals surface area contributed by atoms with Crippen molar-refractivity contribution in [2.45, 2.75) is 13.3 Å². The number of anilines is 1. The van der Waals surface area contributed by atoms with Gasteiger partial charge in [0, 0.05) is 22.6 Å². The SMILES string of the molecule is CCOC(=O)Cc1sc(NC(=O)/C=C/C(=O)O)nc1-c1ccccc1. The van der Waals surface area contributed by atoms with Crippen LogP contribution in [0.4, 0.5) is 5.13 Å². The third-order valence-electron chi connectivity index (χ3n) is 2.96. The number of carboxylic acids is 1. The average Bonchev–Trinajstić information content (AvgIpc) is 2.96. The van der Waals surface area contributed by atoms with Gasteiger partial charge >= 0.3 is 11.9 Å². The van der Waals surface area contributed by atoms with E-state index in [-0.39, 0.29) is 24.1 Å². The fourth-order valence-corrected chi connectivity index (χ4v) is 2.96. The number of benzene rings is 1. The molecule has 0 bridgehead atoms. The minimum Gasteiger partial charge on any atom is -0.478 e. The molecule has 8 heteroatoms. The van der Waals surface area contributed by atoms with Crippen LogP contribution in [-0.4, -0.2) is 34.5 Å². The van der Waals surface area contributed by atoms with Crippen molar-refractivity contribution in [3.63, 3.8) is 0 Å². The molecular weight excluding hydrogens is 344 g/mol. The van der Waals surface area contributed by atoms with Crippen LogP contribution in [0.15, 0.2) is 42.5 Å². The zero-order chi connectivity index (χ0) is 18.2. The fourth-order valence-electron chi connectivity index (χ4n) is 1.98. The van der Waals surface area contributed by atoms with Crippen LogP contribution in [0.2, 0.25) is 0 Å². The lowest BCUT2D eigenvalue weighted by molar-refractivity contribution is -0.142. The van der Waals surface area contributed by atoms with Gasteiger partial charge in [-0.25, -0.2) is 9.78 Å². The second-order valence-corrected chi connectivity index (χ2v) is 5.88. The van der Waals surface area contributed by atoms with Crippen LogP contribution in [0.25, 0.3) is 11.3 Å². The van der Waals surface area contributed by atoms with Gasteiger partial charge in [-0.3, -0.25) is 14.9 Å².